The van der Waals surface area contributed by atoms with Crippen molar-refractivity contribution in [3.05, 3.63) is 59.7 Å². The van der Waals surface area contributed by atoms with Crippen molar-refractivity contribution in [2.75, 3.05) is 27.4 Å². The summed E-state index contributed by atoms with van der Waals surface area (Å²) in [6, 6.07) is 16.0. The molecule has 0 amide bonds. The standard InChI is InChI=1S/C21H23ClO4/c1-23-16-7-3-14(4-8-16)19-11-21(22)13-26-20(18(21)12-25-19)15-5-9-17(24-2)10-6-15/h3-10,18-20H,11-13H2,1-2H3/t18-,19+,20+,21-/m0/s1. The predicted molar refractivity (Wildman–Crippen MR) is 100 cm³/mol. The second-order valence-electron chi connectivity index (χ2n) is 6.95. The lowest BCUT2D eigenvalue weighted by Crippen LogP contribution is -2.41. The van der Waals surface area contributed by atoms with Gasteiger partial charge in [-0.2, -0.15) is 0 Å². The molecule has 138 valence electrons. The molecule has 0 radical (unpaired) electrons. The summed E-state index contributed by atoms with van der Waals surface area (Å²) in [6.07, 6.45) is 0.668. The first-order valence-electron chi connectivity index (χ1n) is 8.83. The number of alkyl halides is 1. The van der Waals surface area contributed by atoms with Gasteiger partial charge in [-0.3, -0.25) is 0 Å². The van der Waals surface area contributed by atoms with Gasteiger partial charge in [-0.15, -0.1) is 11.6 Å². The van der Waals surface area contributed by atoms with Crippen molar-refractivity contribution >= 4 is 11.6 Å². The van der Waals surface area contributed by atoms with Crippen molar-refractivity contribution in [3.8, 4) is 11.5 Å². The summed E-state index contributed by atoms with van der Waals surface area (Å²) in [4.78, 5) is -0.409. The SMILES string of the molecule is COc1ccc([C@H]2OC[C@@]3(Cl)C[C@H](c4ccc(OC)cc4)OC[C@@H]23)cc1. The molecule has 0 aliphatic carbocycles. The fourth-order valence-corrected chi connectivity index (χ4v) is 4.29. The fraction of sp³-hybridized carbons (Fsp3) is 0.429. The van der Waals surface area contributed by atoms with Crippen LogP contribution in [0.1, 0.15) is 29.8 Å². The zero-order valence-electron chi connectivity index (χ0n) is 15.0. The molecule has 2 aliphatic rings. The maximum atomic E-state index is 7.02. The van der Waals surface area contributed by atoms with E-state index in [4.69, 9.17) is 30.5 Å². The van der Waals surface area contributed by atoms with E-state index in [2.05, 4.69) is 0 Å². The summed E-state index contributed by atoms with van der Waals surface area (Å²) in [7, 11) is 3.33. The molecule has 0 bridgehead atoms. The number of methoxy groups -OCH3 is 2. The highest BCUT2D eigenvalue weighted by Crippen LogP contribution is 2.52. The Balaban J connectivity index is 1.50. The van der Waals surface area contributed by atoms with Gasteiger partial charge < -0.3 is 18.9 Å². The summed E-state index contributed by atoms with van der Waals surface area (Å²) in [5, 5.41) is 0. The molecule has 2 saturated heterocycles. The van der Waals surface area contributed by atoms with Crippen molar-refractivity contribution < 1.29 is 18.9 Å². The van der Waals surface area contributed by atoms with Crippen LogP contribution in [-0.4, -0.2) is 32.3 Å². The quantitative estimate of drug-likeness (QED) is 0.737. The lowest BCUT2D eigenvalue weighted by molar-refractivity contribution is -0.0380. The molecule has 4 rings (SSSR count). The van der Waals surface area contributed by atoms with Gasteiger partial charge in [-0.05, 0) is 41.8 Å². The molecule has 2 aromatic rings. The number of ether oxygens (including phenoxy) is 4. The smallest absolute Gasteiger partial charge is 0.118 e. The molecule has 0 unspecified atom stereocenters. The Morgan fingerprint density at radius 2 is 1.46 bits per heavy atom. The predicted octanol–water partition coefficient (Wildman–Crippen LogP) is 4.53. The van der Waals surface area contributed by atoms with Gasteiger partial charge >= 0.3 is 0 Å². The van der Waals surface area contributed by atoms with E-state index >= 15 is 0 Å². The maximum absolute atomic E-state index is 7.02. The molecule has 0 N–H and O–H groups in total. The molecule has 2 fully saturated rings. The van der Waals surface area contributed by atoms with Gasteiger partial charge in [0.2, 0.25) is 0 Å². The highest BCUT2D eigenvalue weighted by molar-refractivity contribution is 6.24. The van der Waals surface area contributed by atoms with Gasteiger partial charge in [0.05, 0.1) is 44.5 Å². The van der Waals surface area contributed by atoms with Gasteiger partial charge in [0.1, 0.15) is 11.5 Å². The van der Waals surface area contributed by atoms with E-state index in [0.29, 0.717) is 13.2 Å². The van der Waals surface area contributed by atoms with Crippen molar-refractivity contribution in [2.45, 2.75) is 23.5 Å². The molecule has 4 nitrogen and oxygen atoms in total. The normalized spacial score (nSPS) is 30.7. The number of hydrogen-bond acceptors (Lipinski definition) is 4. The second-order valence-corrected chi connectivity index (χ2v) is 7.70. The zero-order chi connectivity index (χ0) is 18.1. The summed E-state index contributed by atoms with van der Waals surface area (Å²) >= 11 is 7.02. The lowest BCUT2D eigenvalue weighted by atomic mass is 9.80. The monoisotopic (exact) mass is 374 g/mol. The Morgan fingerprint density at radius 1 is 0.885 bits per heavy atom. The topological polar surface area (TPSA) is 36.9 Å². The first-order chi connectivity index (χ1) is 12.6. The van der Waals surface area contributed by atoms with Crippen LogP contribution in [0.25, 0.3) is 0 Å². The second kappa shape index (κ2) is 7.10. The fourth-order valence-electron chi connectivity index (χ4n) is 3.91. The summed E-state index contributed by atoms with van der Waals surface area (Å²) in [5.74, 6) is 1.81. The maximum Gasteiger partial charge on any atom is 0.118 e. The Morgan fingerprint density at radius 3 is 2.04 bits per heavy atom. The van der Waals surface area contributed by atoms with Gasteiger partial charge in [-0.1, -0.05) is 24.3 Å². The van der Waals surface area contributed by atoms with E-state index in [0.717, 1.165) is 29.0 Å². The lowest BCUT2D eigenvalue weighted by Gasteiger charge is -2.39. The summed E-state index contributed by atoms with van der Waals surface area (Å²) < 4.78 is 22.8. The van der Waals surface area contributed by atoms with Gasteiger partial charge in [0, 0.05) is 5.92 Å². The van der Waals surface area contributed by atoms with E-state index < -0.39 is 4.87 Å². The Kier molecular flexibility index (Phi) is 4.82. The van der Waals surface area contributed by atoms with Gasteiger partial charge in [0.15, 0.2) is 0 Å². The number of hydrogen-bond donors (Lipinski definition) is 0. The van der Waals surface area contributed by atoms with Gasteiger partial charge in [-0.25, -0.2) is 0 Å². The van der Waals surface area contributed by atoms with Crippen LogP contribution < -0.4 is 9.47 Å². The molecular weight excluding hydrogens is 352 g/mol. The Hall–Kier alpha value is -1.75. The molecule has 4 atom stereocenters. The van der Waals surface area contributed by atoms with E-state index in [1.54, 1.807) is 14.2 Å². The van der Waals surface area contributed by atoms with Crippen LogP contribution in [-0.2, 0) is 9.47 Å². The van der Waals surface area contributed by atoms with Crippen LogP contribution in [0, 0.1) is 5.92 Å². The molecule has 2 aliphatic heterocycles. The van der Waals surface area contributed by atoms with Crippen molar-refractivity contribution in [2.24, 2.45) is 5.92 Å². The molecular formula is C21H23ClO4. The van der Waals surface area contributed by atoms with Crippen LogP contribution in [0.5, 0.6) is 11.5 Å². The Bertz CT molecular complexity index is 746. The number of benzene rings is 2. The Labute approximate surface area is 159 Å². The van der Waals surface area contributed by atoms with Crippen LogP contribution >= 0.6 is 11.6 Å². The molecule has 0 spiro atoms. The van der Waals surface area contributed by atoms with Crippen LogP contribution in [0.3, 0.4) is 0 Å². The highest BCUT2D eigenvalue weighted by Gasteiger charge is 2.53. The molecule has 26 heavy (non-hydrogen) atoms. The number of fused-ring (bicyclic) bond motifs is 1. The van der Waals surface area contributed by atoms with E-state index in [1.807, 2.05) is 48.5 Å². The minimum atomic E-state index is -0.409. The molecule has 0 saturated carbocycles. The minimum Gasteiger partial charge on any atom is -0.497 e. The van der Waals surface area contributed by atoms with Crippen LogP contribution in [0.15, 0.2) is 48.5 Å². The average Bonchev–Trinajstić information content (AvgIpc) is 3.04. The largest absolute Gasteiger partial charge is 0.497 e. The summed E-state index contributed by atoms with van der Waals surface area (Å²) in [5.41, 5.74) is 2.24. The van der Waals surface area contributed by atoms with Crippen molar-refractivity contribution in [3.63, 3.8) is 0 Å². The van der Waals surface area contributed by atoms with Crippen LogP contribution in [0.2, 0.25) is 0 Å². The minimum absolute atomic E-state index is 0.0205. The molecule has 2 aromatic carbocycles. The van der Waals surface area contributed by atoms with Crippen LogP contribution in [0.4, 0.5) is 0 Å². The summed E-state index contributed by atoms with van der Waals surface area (Å²) in [6.45, 7) is 1.11. The third kappa shape index (κ3) is 3.18. The van der Waals surface area contributed by atoms with E-state index in [9.17, 15) is 0 Å². The third-order valence-corrected chi connectivity index (χ3v) is 6.01. The molecule has 2 heterocycles. The third-order valence-electron chi connectivity index (χ3n) is 5.47. The molecule has 5 heteroatoms. The highest BCUT2D eigenvalue weighted by atomic mass is 35.5. The van der Waals surface area contributed by atoms with E-state index in [1.165, 1.54) is 0 Å². The number of halogens is 1. The zero-order valence-corrected chi connectivity index (χ0v) is 15.7. The molecule has 0 aromatic heterocycles. The van der Waals surface area contributed by atoms with Gasteiger partial charge in [0.25, 0.3) is 0 Å². The first-order valence-corrected chi connectivity index (χ1v) is 9.21. The van der Waals surface area contributed by atoms with Crippen molar-refractivity contribution in [1.29, 1.82) is 0 Å². The van der Waals surface area contributed by atoms with Crippen molar-refractivity contribution in [1.82, 2.24) is 0 Å². The number of rotatable bonds is 4. The van der Waals surface area contributed by atoms with E-state index in [-0.39, 0.29) is 18.1 Å². The first kappa shape index (κ1) is 17.7. The average molecular weight is 375 g/mol.